The molecule has 0 aliphatic heterocycles. The molecule has 0 atom stereocenters. The summed E-state index contributed by atoms with van der Waals surface area (Å²) < 4.78 is 27.3. The summed E-state index contributed by atoms with van der Waals surface area (Å²) >= 11 is 0. The van der Waals surface area contributed by atoms with Crippen molar-refractivity contribution >= 4 is 9.84 Å². The van der Waals surface area contributed by atoms with Crippen LogP contribution in [-0.2, 0) is 29.3 Å². The highest BCUT2D eigenvalue weighted by Crippen LogP contribution is 2.19. The van der Waals surface area contributed by atoms with Crippen molar-refractivity contribution in [2.45, 2.75) is 64.0 Å². The predicted molar refractivity (Wildman–Crippen MR) is 110 cm³/mol. The molecule has 27 heavy (non-hydrogen) atoms. The highest BCUT2D eigenvalue weighted by Gasteiger charge is 2.26. The van der Waals surface area contributed by atoms with Crippen molar-refractivity contribution in [2.75, 3.05) is 13.6 Å². The highest BCUT2D eigenvalue weighted by molar-refractivity contribution is 7.91. The van der Waals surface area contributed by atoms with Gasteiger partial charge >= 0.3 is 0 Å². The average molecular weight is 392 g/mol. The van der Waals surface area contributed by atoms with Crippen LogP contribution >= 0.6 is 0 Å². The normalized spacial score (nSPS) is 12.4. The van der Waals surface area contributed by atoms with E-state index in [1.165, 1.54) is 5.56 Å². The van der Waals surface area contributed by atoms with Gasteiger partial charge in [0.25, 0.3) is 0 Å². The van der Waals surface area contributed by atoms with E-state index in [4.69, 9.17) is 0 Å². The lowest BCUT2D eigenvalue weighted by molar-refractivity contribution is 0.317. The molecule has 0 amide bonds. The molecule has 5 nitrogen and oxygen atoms in total. The number of nitrogens with zero attached hydrogens (tertiary/aromatic N) is 3. The van der Waals surface area contributed by atoms with Gasteiger partial charge in [-0.1, -0.05) is 44.2 Å². The minimum Gasteiger partial charge on any atom is -0.318 e. The van der Waals surface area contributed by atoms with E-state index < -0.39 is 15.1 Å². The lowest BCUT2D eigenvalue weighted by Crippen LogP contribution is -2.25. The van der Waals surface area contributed by atoms with Gasteiger partial charge in [0.1, 0.15) is 0 Å². The summed E-state index contributed by atoms with van der Waals surface area (Å²) in [6, 6.07) is 10.4. The van der Waals surface area contributed by atoms with Crippen LogP contribution in [0.5, 0.6) is 0 Å². The van der Waals surface area contributed by atoms with E-state index in [1.54, 1.807) is 20.0 Å². The van der Waals surface area contributed by atoms with E-state index in [0.717, 1.165) is 25.1 Å². The average Bonchev–Trinajstić information content (AvgIpc) is 3.02. The van der Waals surface area contributed by atoms with Gasteiger partial charge in [-0.2, -0.15) is 0 Å². The van der Waals surface area contributed by atoms with Crippen LogP contribution in [0.2, 0.25) is 0 Å². The minimum atomic E-state index is -3.39. The Kier molecular flexibility index (Phi) is 7.62. The van der Waals surface area contributed by atoms with Crippen molar-refractivity contribution in [3.63, 3.8) is 0 Å². The third-order valence-corrected chi connectivity index (χ3v) is 6.84. The van der Waals surface area contributed by atoms with Crippen molar-refractivity contribution in [1.29, 1.82) is 0 Å². The Labute approximate surface area is 164 Å². The van der Waals surface area contributed by atoms with Gasteiger partial charge in [0, 0.05) is 19.6 Å². The molecule has 0 spiro atoms. The summed E-state index contributed by atoms with van der Waals surface area (Å²) in [7, 11) is -1.32. The quantitative estimate of drug-likeness (QED) is 0.618. The monoisotopic (exact) mass is 391 g/mol. The third-order valence-electron chi connectivity index (χ3n) is 4.76. The smallest absolute Gasteiger partial charge is 0.228 e. The van der Waals surface area contributed by atoms with Gasteiger partial charge < -0.3 is 9.47 Å². The molecule has 0 bridgehead atoms. The SMILES string of the molecule is CC(C)CCn1c(CN(C)CCc2ccccc2)cnc1S(=O)(=O)C(C)C. The first-order chi connectivity index (χ1) is 12.7. The van der Waals surface area contributed by atoms with Crippen LogP contribution in [0.4, 0.5) is 0 Å². The predicted octanol–water partition coefficient (Wildman–Crippen LogP) is 3.79. The third kappa shape index (κ3) is 5.91. The standard InChI is InChI=1S/C21H33N3O2S/c1-17(2)11-14-24-20(15-22-21(24)27(25,26)18(3)4)16-23(5)13-12-19-9-7-6-8-10-19/h6-10,15,17-18H,11-14,16H2,1-5H3. The Balaban J connectivity index is 2.16. The maximum Gasteiger partial charge on any atom is 0.228 e. The van der Waals surface area contributed by atoms with Crippen LogP contribution in [0.3, 0.4) is 0 Å². The highest BCUT2D eigenvalue weighted by atomic mass is 32.2. The fourth-order valence-corrected chi connectivity index (χ4v) is 4.04. The van der Waals surface area contributed by atoms with E-state index in [-0.39, 0.29) is 5.16 Å². The van der Waals surface area contributed by atoms with Crippen molar-refractivity contribution in [3.05, 3.63) is 47.8 Å². The molecular weight excluding hydrogens is 358 g/mol. The zero-order chi connectivity index (χ0) is 20.0. The second-order valence-electron chi connectivity index (χ2n) is 7.93. The van der Waals surface area contributed by atoms with E-state index >= 15 is 0 Å². The number of imidazole rings is 1. The van der Waals surface area contributed by atoms with E-state index in [0.29, 0.717) is 19.0 Å². The number of sulfone groups is 1. The molecule has 1 aromatic heterocycles. The first kappa shape index (κ1) is 21.6. The molecule has 1 aromatic carbocycles. The lowest BCUT2D eigenvalue weighted by Gasteiger charge is -2.19. The van der Waals surface area contributed by atoms with Gasteiger partial charge in [-0.25, -0.2) is 13.4 Å². The van der Waals surface area contributed by atoms with Crippen LogP contribution in [0.15, 0.2) is 41.7 Å². The summed E-state index contributed by atoms with van der Waals surface area (Å²) in [5.41, 5.74) is 2.27. The zero-order valence-electron chi connectivity index (χ0n) is 17.2. The number of hydrogen-bond acceptors (Lipinski definition) is 4. The first-order valence-electron chi connectivity index (χ1n) is 9.72. The molecule has 2 rings (SSSR count). The molecule has 6 heteroatoms. The van der Waals surface area contributed by atoms with Gasteiger partial charge in [-0.05, 0) is 45.2 Å². The van der Waals surface area contributed by atoms with Crippen LogP contribution in [0.25, 0.3) is 0 Å². The molecule has 150 valence electrons. The number of rotatable bonds is 10. The van der Waals surface area contributed by atoms with E-state index in [2.05, 4.69) is 55.0 Å². The first-order valence-corrected chi connectivity index (χ1v) is 11.3. The van der Waals surface area contributed by atoms with Gasteiger partial charge in [-0.3, -0.25) is 0 Å². The fraction of sp³-hybridized carbons (Fsp3) is 0.571. The van der Waals surface area contributed by atoms with Crippen LogP contribution < -0.4 is 0 Å². The van der Waals surface area contributed by atoms with Crippen molar-refractivity contribution in [3.8, 4) is 0 Å². The second kappa shape index (κ2) is 9.51. The molecule has 0 aliphatic carbocycles. The van der Waals surface area contributed by atoms with E-state index in [1.807, 2.05) is 10.6 Å². The summed E-state index contributed by atoms with van der Waals surface area (Å²) in [6.45, 7) is 10.0. The summed E-state index contributed by atoms with van der Waals surface area (Å²) in [6.07, 6.45) is 3.63. The van der Waals surface area contributed by atoms with Gasteiger partial charge in [0.05, 0.1) is 17.1 Å². The molecular formula is C21H33N3O2S. The Morgan fingerprint density at radius 3 is 2.37 bits per heavy atom. The molecule has 0 radical (unpaired) electrons. The number of likely N-dealkylation sites (N-methyl/N-ethyl adjacent to an activating group) is 1. The summed E-state index contributed by atoms with van der Waals surface area (Å²) in [5.74, 6) is 0.505. The molecule has 0 aliphatic rings. The van der Waals surface area contributed by atoms with Gasteiger partial charge in [0.15, 0.2) is 0 Å². The molecule has 0 saturated heterocycles. The van der Waals surface area contributed by atoms with Crippen molar-refractivity contribution in [2.24, 2.45) is 5.92 Å². The number of aromatic nitrogens is 2. The largest absolute Gasteiger partial charge is 0.318 e. The number of hydrogen-bond donors (Lipinski definition) is 0. The van der Waals surface area contributed by atoms with Crippen molar-refractivity contribution < 1.29 is 8.42 Å². The van der Waals surface area contributed by atoms with Crippen LogP contribution in [-0.4, -0.2) is 41.7 Å². The van der Waals surface area contributed by atoms with Gasteiger partial charge in [0.2, 0.25) is 15.0 Å². The Bertz CT molecular complexity index is 811. The van der Waals surface area contributed by atoms with E-state index in [9.17, 15) is 8.42 Å². The minimum absolute atomic E-state index is 0.213. The zero-order valence-corrected chi connectivity index (χ0v) is 18.0. The molecule has 0 unspecified atom stereocenters. The topological polar surface area (TPSA) is 55.2 Å². The lowest BCUT2D eigenvalue weighted by atomic mass is 10.1. The molecule has 0 saturated carbocycles. The Hall–Kier alpha value is -1.66. The van der Waals surface area contributed by atoms with Crippen molar-refractivity contribution in [1.82, 2.24) is 14.5 Å². The molecule has 2 aromatic rings. The molecule has 0 fully saturated rings. The van der Waals surface area contributed by atoms with Crippen LogP contribution in [0, 0.1) is 5.92 Å². The Morgan fingerprint density at radius 1 is 1.11 bits per heavy atom. The fourth-order valence-electron chi connectivity index (χ4n) is 2.90. The summed E-state index contributed by atoms with van der Waals surface area (Å²) in [4.78, 5) is 6.53. The second-order valence-corrected chi connectivity index (χ2v) is 10.3. The maximum absolute atomic E-state index is 12.7. The Morgan fingerprint density at radius 2 is 1.78 bits per heavy atom. The molecule has 1 heterocycles. The molecule has 0 N–H and O–H groups in total. The van der Waals surface area contributed by atoms with Gasteiger partial charge in [-0.15, -0.1) is 0 Å². The van der Waals surface area contributed by atoms with Crippen LogP contribution in [0.1, 0.15) is 45.4 Å². The maximum atomic E-state index is 12.7. The summed E-state index contributed by atoms with van der Waals surface area (Å²) in [5, 5.41) is -0.258. The number of benzene rings is 1.